The Morgan fingerprint density at radius 3 is 2.76 bits per heavy atom. The Balaban J connectivity index is 1.68. The normalized spacial score (nSPS) is 31.1. The molecule has 0 aromatic heterocycles. The van der Waals surface area contributed by atoms with Crippen LogP contribution in [0.5, 0.6) is 0 Å². The number of rotatable bonds is 3. The number of piperidine rings is 1. The summed E-state index contributed by atoms with van der Waals surface area (Å²) in [5, 5.41) is 6.62. The number of ether oxygens (including phenoxy) is 1. The predicted molar refractivity (Wildman–Crippen MR) is 66.8 cm³/mol. The van der Waals surface area contributed by atoms with E-state index in [-0.39, 0.29) is 11.8 Å². The summed E-state index contributed by atoms with van der Waals surface area (Å²) in [7, 11) is 0. The molecule has 98 valence electrons. The standard InChI is InChI=1S/C13H24N2O2/c1-10-3-2-4-12(15-10)9-14-13(16)11-5-7-17-8-6-11/h10-12,15H,2-9H2,1H3,(H,14,16). The van der Waals surface area contributed by atoms with Crippen molar-refractivity contribution in [3.63, 3.8) is 0 Å². The Morgan fingerprint density at radius 2 is 2.06 bits per heavy atom. The van der Waals surface area contributed by atoms with Crippen LogP contribution in [0, 0.1) is 5.92 Å². The zero-order chi connectivity index (χ0) is 12.1. The molecule has 2 aliphatic rings. The van der Waals surface area contributed by atoms with Crippen molar-refractivity contribution in [3.05, 3.63) is 0 Å². The van der Waals surface area contributed by atoms with Crippen molar-refractivity contribution >= 4 is 5.91 Å². The fourth-order valence-electron chi connectivity index (χ4n) is 2.73. The van der Waals surface area contributed by atoms with Crippen LogP contribution in [-0.4, -0.2) is 37.7 Å². The molecule has 0 radical (unpaired) electrons. The molecule has 0 aromatic carbocycles. The van der Waals surface area contributed by atoms with Crippen LogP contribution in [0.2, 0.25) is 0 Å². The second kappa shape index (κ2) is 6.36. The topological polar surface area (TPSA) is 50.4 Å². The Labute approximate surface area is 103 Å². The van der Waals surface area contributed by atoms with Gasteiger partial charge in [-0.3, -0.25) is 4.79 Å². The molecule has 0 spiro atoms. The average Bonchev–Trinajstić information content (AvgIpc) is 2.37. The van der Waals surface area contributed by atoms with Crippen LogP contribution >= 0.6 is 0 Å². The summed E-state index contributed by atoms with van der Waals surface area (Å²) in [5.74, 6) is 0.387. The second-order valence-corrected chi connectivity index (χ2v) is 5.33. The summed E-state index contributed by atoms with van der Waals surface area (Å²) in [6.45, 7) is 4.46. The fourth-order valence-corrected chi connectivity index (χ4v) is 2.73. The maximum Gasteiger partial charge on any atom is 0.223 e. The Bertz CT molecular complexity index is 252. The van der Waals surface area contributed by atoms with E-state index in [0.29, 0.717) is 12.1 Å². The summed E-state index contributed by atoms with van der Waals surface area (Å²) >= 11 is 0. The van der Waals surface area contributed by atoms with Crippen molar-refractivity contribution in [2.75, 3.05) is 19.8 Å². The number of nitrogens with one attached hydrogen (secondary N) is 2. The van der Waals surface area contributed by atoms with E-state index in [9.17, 15) is 4.79 Å². The lowest BCUT2D eigenvalue weighted by atomic mass is 9.97. The van der Waals surface area contributed by atoms with Gasteiger partial charge in [0.05, 0.1) is 0 Å². The van der Waals surface area contributed by atoms with Gasteiger partial charge in [0.1, 0.15) is 0 Å². The minimum absolute atomic E-state index is 0.171. The minimum atomic E-state index is 0.171. The first-order valence-corrected chi connectivity index (χ1v) is 6.87. The van der Waals surface area contributed by atoms with E-state index < -0.39 is 0 Å². The third-order valence-corrected chi connectivity index (χ3v) is 3.82. The third kappa shape index (κ3) is 3.96. The van der Waals surface area contributed by atoms with Crippen LogP contribution in [0.25, 0.3) is 0 Å². The van der Waals surface area contributed by atoms with Gasteiger partial charge in [0.2, 0.25) is 5.91 Å². The molecular formula is C13H24N2O2. The van der Waals surface area contributed by atoms with Crippen LogP contribution in [-0.2, 0) is 9.53 Å². The zero-order valence-corrected chi connectivity index (χ0v) is 10.7. The van der Waals surface area contributed by atoms with Gasteiger partial charge in [0.25, 0.3) is 0 Å². The lowest BCUT2D eigenvalue weighted by Gasteiger charge is -2.29. The number of carbonyl (C=O) groups excluding carboxylic acids is 1. The van der Waals surface area contributed by atoms with Crippen molar-refractivity contribution in [3.8, 4) is 0 Å². The first-order valence-electron chi connectivity index (χ1n) is 6.87. The molecule has 2 atom stereocenters. The first-order chi connectivity index (χ1) is 8.25. The van der Waals surface area contributed by atoms with Gasteiger partial charge in [0, 0.05) is 37.8 Å². The van der Waals surface area contributed by atoms with E-state index in [1.54, 1.807) is 0 Å². The van der Waals surface area contributed by atoms with E-state index in [1.807, 2.05) is 0 Å². The van der Waals surface area contributed by atoms with Crippen LogP contribution < -0.4 is 10.6 Å². The van der Waals surface area contributed by atoms with Crippen LogP contribution in [0.3, 0.4) is 0 Å². The van der Waals surface area contributed by atoms with Crippen molar-refractivity contribution in [1.29, 1.82) is 0 Å². The van der Waals surface area contributed by atoms with Gasteiger partial charge in [0.15, 0.2) is 0 Å². The van der Waals surface area contributed by atoms with Gasteiger partial charge < -0.3 is 15.4 Å². The summed E-state index contributed by atoms with van der Waals surface area (Å²) in [5.41, 5.74) is 0. The highest BCUT2D eigenvalue weighted by molar-refractivity contribution is 5.78. The maximum absolute atomic E-state index is 11.9. The summed E-state index contributed by atoms with van der Waals surface area (Å²) in [6, 6.07) is 1.05. The molecule has 2 unspecified atom stereocenters. The predicted octanol–water partition coefficient (Wildman–Crippen LogP) is 1.06. The first kappa shape index (κ1) is 12.8. The molecule has 17 heavy (non-hydrogen) atoms. The van der Waals surface area contributed by atoms with Gasteiger partial charge in [-0.05, 0) is 32.6 Å². The molecule has 2 saturated heterocycles. The Hall–Kier alpha value is -0.610. The van der Waals surface area contributed by atoms with E-state index in [2.05, 4.69) is 17.6 Å². The molecule has 2 rings (SSSR count). The lowest BCUT2D eigenvalue weighted by molar-refractivity contribution is -0.127. The Kier molecular flexibility index (Phi) is 4.80. The van der Waals surface area contributed by atoms with E-state index >= 15 is 0 Å². The van der Waals surface area contributed by atoms with Crippen molar-refractivity contribution in [2.24, 2.45) is 5.92 Å². The molecule has 4 heteroatoms. The van der Waals surface area contributed by atoms with Crippen LogP contribution in [0.15, 0.2) is 0 Å². The minimum Gasteiger partial charge on any atom is -0.381 e. The highest BCUT2D eigenvalue weighted by Gasteiger charge is 2.23. The highest BCUT2D eigenvalue weighted by Crippen LogP contribution is 2.15. The lowest BCUT2D eigenvalue weighted by Crippen LogP contribution is -2.48. The van der Waals surface area contributed by atoms with Crippen molar-refractivity contribution < 1.29 is 9.53 Å². The Morgan fingerprint density at radius 1 is 1.29 bits per heavy atom. The van der Waals surface area contributed by atoms with E-state index in [1.165, 1.54) is 19.3 Å². The molecule has 4 nitrogen and oxygen atoms in total. The molecule has 2 N–H and O–H groups in total. The maximum atomic E-state index is 11.9. The van der Waals surface area contributed by atoms with Gasteiger partial charge in [-0.15, -0.1) is 0 Å². The van der Waals surface area contributed by atoms with Crippen molar-refractivity contribution in [1.82, 2.24) is 10.6 Å². The molecule has 0 bridgehead atoms. The van der Waals surface area contributed by atoms with E-state index in [0.717, 1.165) is 32.6 Å². The monoisotopic (exact) mass is 240 g/mol. The van der Waals surface area contributed by atoms with Crippen LogP contribution in [0.1, 0.15) is 39.0 Å². The zero-order valence-electron chi connectivity index (χ0n) is 10.7. The smallest absolute Gasteiger partial charge is 0.223 e. The number of hydrogen-bond acceptors (Lipinski definition) is 3. The van der Waals surface area contributed by atoms with Gasteiger partial charge >= 0.3 is 0 Å². The molecule has 0 saturated carbocycles. The SMILES string of the molecule is CC1CCCC(CNC(=O)C2CCOCC2)N1. The molecular weight excluding hydrogens is 216 g/mol. The van der Waals surface area contributed by atoms with Crippen molar-refractivity contribution in [2.45, 2.75) is 51.1 Å². The summed E-state index contributed by atoms with van der Waals surface area (Å²) in [4.78, 5) is 11.9. The van der Waals surface area contributed by atoms with E-state index in [4.69, 9.17) is 4.74 Å². The molecule has 2 fully saturated rings. The van der Waals surface area contributed by atoms with Gasteiger partial charge in [-0.25, -0.2) is 0 Å². The molecule has 0 aromatic rings. The number of hydrogen-bond donors (Lipinski definition) is 2. The molecule has 0 aliphatic carbocycles. The quantitative estimate of drug-likeness (QED) is 0.775. The van der Waals surface area contributed by atoms with Gasteiger partial charge in [-0.1, -0.05) is 6.42 Å². The fraction of sp³-hybridized carbons (Fsp3) is 0.923. The van der Waals surface area contributed by atoms with Gasteiger partial charge in [-0.2, -0.15) is 0 Å². The average molecular weight is 240 g/mol. The summed E-state index contributed by atoms with van der Waals surface area (Å²) in [6.07, 6.45) is 5.45. The molecule has 2 heterocycles. The second-order valence-electron chi connectivity index (χ2n) is 5.33. The molecule has 2 aliphatic heterocycles. The third-order valence-electron chi connectivity index (χ3n) is 3.82. The summed E-state index contributed by atoms with van der Waals surface area (Å²) < 4.78 is 5.27. The highest BCUT2D eigenvalue weighted by atomic mass is 16.5. The van der Waals surface area contributed by atoms with Crippen LogP contribution in [0.4, 0.5) is 0 Å². The largest absolute Gasteiger partial charge is 0.381 e. The number of carbonyl (C=O) groups is 1. The number of amides is 1. The molecule has 1 amide bonds.